The molecule has 2 atom stereocenters. The monoisotopic (exact) mass is 423 g/mol. The van der Waals surface area contributed by atoms with Crippen molar-refractivity contribution in [3.8, 4) is 0 Å². The highest BCUT2D eigenvalue weighted by atomic mass is 16.5. The smallest absolute Gasteiger partial charge is 0.263 e. The molecule has 31 heavy (non-hydrogen) atoms. The maximum atomic E-state index is 13.1. The number of ether oxygens (including phenoxy) is 1. The summed E-state index contributed by atoms with van der Waals surface area (Å²) in [5, 5.41) is 0. The third kappa shape index (κ3) is 5.43. The Labute approximate surface area is 184 Å². The first-order valence-corrected chi connectivity index (χ1v) is 11.4. The standard InChI is InChI=1S/C25H33N3O3/c1-19-15-26(16-20(2)31-19)17-22-10-13-27(14-11-22)24(29)23-9-6-12-28(25(23)30)18-21-7-4-3-5-8-21/h3-9,12,19-20,22H,10-11,13-18H2,1-2H3. The third-order valence-electron chi connectivity index (χ3n) is 6.36. The molecular weight excluding hydrogens is 390 g/mol. The average molecular weight is 424 g/mol. The first-order chi connectivity index (χ1) is 15.0. The number of benzene rings is 1. The molecule has 4 rings (SSSR count). The van der Waals surface area contributed by atoms with Gasteiger partial charge in [-0.15, -0.1) is 0 Å². The van der Waals surface area contributed by atoms with Crippen molar-refractivity contribution in [2.24, 2.45) is 5.92 Å². The number of hydrogen-bond donors (Lipinski definition) is 0. The lowest BCUT2D eigenvalue weighted by molar-refractivity contribution is -0.0728. The molecule has 0 bridgehead atoms. The molecule has 0 N–H and O–H groups in total. The number of morpholine rings is 1. The van der Waals surface area contributed by atoms with Crippen LogP contribution in [0.15, 0.2) is 53.5 Å². The Morgan fingerprint density at radius 3 is 2.35 bits per heavy atom. The SMILES string of the molecule is CC1CN(CC2CCN(C(=O)c3cccn(Cc4ccccc4)c3=O)CC2)CC(C)O1. The van der Waals surface area contributed by atoms with Gasteiger partial charge in [0.05, 0.1) is 18.8 Å². The lowest BCUT2D eigenvalue weighted by Gasteiger charge is -2.39. The molecule has 0 radical (unpaired) electrons. The second-order valence-electron chi connectivity index (χ2n) is 9.05. The molecular formula is C25H33N3O3. The van der Waals surface area contributed by atoms with Crippen LogP contribution >= 0.6 is 0 Å². The van der Waals surface area contributed by atoms with Crippen molar-refractivity contribution in [2.75, 3.05) is 32.7 Å². The van der Waals surface area contributed by atoms with Crippen molar-refractivity contribution in [2.45, 2.75) is 45.4 Å². The molecule has 2 aliphatic rings. The minimum absolute atomic E-state index is 0.139. The highest BCUT2D eigenvalue weighted by Crippen LogP contribution is 2.21. The normalized spacial score (nSPS) is 23.1. The second kappa shape index (κ2) is 9.79. The Bertz CT molecular complexity index is 925. The van der Waals surface area contributed by atoms with E-state index in [9.17, 15) is 9.59 Å². The molecule has 0 saturated carbocycles. The van der Waals surface area contributed by atoms with Gasteiger partial charge in [0, 0.05) is 38.9 Å². The van der Waals surface area contributed by atoms with Crippen LogP contribution in [0, 0.1) is 5.92 Å². The van der Waals surface area contributed by atoms with Gasteiger partial charge in [0.15, 0.2) is 0 Å². The molecule has 0 aliphatic carbocycles. The number of pyridine rings is 1. The fraction of sp³-hybridized carbons (Fsp3) is 0.520. The van der Waals surface area contributed by atoms with E-state index >= 15 is 0 Å². The molecule has 2 aliphatic heterocycles. The van der Waals surface area contributed by atoms with Gasteiger partial charge in [-0.3, -0.25) is 14.5 Å². The van der Waals surface area contributed by atoms with E-state index in [0.29, 0.717) is 25.6 Å². The van der Waals surface area contributed by atoms with Crippen LogP contribution in [0.25, 0.3) is 0 Å². The summed E-state index contributed by atoms with van der Waals surface area (Å²) in [6.07, 6.45) is 4.28. The maximum absolute atomic E-state index is 13.1. The van der Waals surface area contributed by atoms with Crippen molar-refractivity contribution in [3.05, 3.63) is 70.1 Å². The van der Waals surface area contributed by atoms with Crippen LogP contribution in [0.4, 0.5) is 0 Å². The van der Waals surface area contributed by atoms with E-state index in [1.807, 2.05) is 35.2 Å². The Balaban J connectivity index is 1.35. The topological polar surface area (TPSA) is 54.8 Å². The van der Waals surface area contributed by atoms with Crippen LogP contribution in [-0.4, -0.2) is 65.2 Å². The first-order valence-electron chi connectivity index (χ1n) is 11.4. The van der Waals surface area contributed by atoms with E-state index < -0.39 is 0 Å². The van der Waals surface area contributed by atoms with Gasteiger partial charge in [0.2, 0.25) is 0 Å². The number of rotatable bonds is 5. The Hall–Kier alpha value is -2.44. The highest BCUT2D eigenvalue weighted by molar-refractivity contribution is 5.93. The molecule has 2 unspecified atom stereocenters. The first kappa shape index (κ1) is 21.8. The summed E-state index contributed by atoms with van der Waals surface area (Å²) in [5.74, 6) is 0.451. The number of amides is 1. The van der Waals surface area contributed by atoms with E-state index in [4.69, 9.17) is 4.74 Å². The molecule has 2 saturated heterocycles. The zero-order valence-electron chi connectivity index (χ0n) is 18.6. The van der Waals surface area contributed by atoms with E-state index in [0.717, 1.165) is 38.0 Å². The predicted octanol–water partition coefficient (Wildman–Crippen LogP) is 2.86. The quantitative estimate of drug-likeness (QED) is 0.742. The van der Waals surface area contributed by atoms with E-state index in [1.165, 1.54) is 0 Å². The summed E-state index contributed by atoms with van der Waals surface area (Å²) in [7, 11) is 0. The van der Waals surface area contributed by atoms with Crippen molar-refractivity contribution >= 4 is 5.91 Å². The molecule has 0 spiro atoms. The second-order valence-corrected chi connectivity index (χ2v) is 9.05. The minimum Gasteiger partial charge on any atom is -0.373 e. The van der Waals surface area contributed by atoms with Gasteiger partial charge in [0.25, 0.3) is 11.5 Å². The van der Waals surface area contributed by atoms with Crippen LogP contribution in [0.2, 0.25) is 0 Å². The fourth-order valence-electron chi connectivity index (χ4n) is 4.89. The van der Waals surface area contributed by atoms with Crippen molar-refractivity contribution in [1.82, 2.24) is 14.4 Å². The largest absolute Gasteiger partial charge is 0.373 e. The lowest BCUT2D eigenvalue weighted by atomic mass is 9.95. The van der Waals surface area contributed by atoms with Gasteiger partial charge in [-0.2, -0.15) is 0 Å². The van der Waals surface area contributed by atoms with Gasteiger partial charge in [-0.1, -0.05) is 30.3 Å². The number of carbonyl (C=O) groups is 1. The summed E-state index contributed by atoms with van der Waals surface area (Å²) in [6, 6.07) is 13.3. The van der Waals surface area contributed by atoms with Crippen LogP contribution in [0.3, 0.4) is 0 Å². The maximum Gasteiger partial charge on any atom is 0.263 e. The fourth-order valence-corrected chi connectivity index (χ4v) is 4.89. The molecule has 1 aromatic heterocycles. The Kier molecular flexibility index (Phi) is 6.88. The summed E-state index contributed by atoms with van der Waals surface area (Å²) in [4.78, 5) is 30.4. The molecule has 3 heterocycles. The van der Waals surface area contributed by atoms with Crippen molar-refractivity contribution in [3.63, 3.8) is 0 Å². The average Bonchev–Trinajstić information content (AvgIpc) is 2.75. The summed E-state index contributed by atoms with van der Waals surface area (Å²) in [6.45, 7) is 9.19. The Morgan fingerprint density at radius 2 is 1.68 bits per heavy atom. The highest BCUT2D eigenvalue weighted by Gasteiger charge is 2.29. The number of aromatic nitrogens is 1. The molecule has 166 valence electrons. The van der Waals surface area contributed by atoms with E-state index in [2.05, 4.69) is 18.7 Å². The minimum atomic E-state index is -0.213. The number of hydrogen-bond acceptors (Lipinski definition) is 4. The summed E-state index contributed by atoms with van der Waals surface area (Å²) < 4.78 is 7.46. The molecule has 1 aromatic carbocycles. The van der Waals surface area contributed by atoms with E-state index in [1.54, 1.807) is 22.9 Å². The van der Waals surface area contributed by atoms with Crippen LogP contribution in [0.1, 0.15) is 42.6 Å². The number of piperidine rings is 1. The van der Waals surface area contributed by atoms with Gasteiger partial charge in [-0.05, 0) is 50.3 Å². The van der Waals surface area contributed by atoms with Gasteiger partial charge < -0.3 is 14.2 Å². The van der Waals surface area contributed by atoms with Crippen molar-refractivity contribution in [1.29, 1.82) is 0 Å². The number of carbonyl (C=O) groups excluding carboxylic acids is 1. The molecule has 6 heteroatoms. The van der Waals surface area contributed by atoms with Gasteiger partial charge in [-0.25, -0.2) is 0 Å². The zero-order valence-corrected chi connectivity index (χ0v) is 18.6. The van der Waals surface area contributed by atoms with Crippen LogP contribution < -0.4 is 5.56 Å². The number of likely N-dealkylation sites (tertiary alicyclic amines) is 1. The van der Waals surface area contributed by atoms with E-state index in [-0.39, 0.29) is 29.2 Å². The zero-order chi connectivity index (χ0) is 21.8. The predicted molar refractivity (Wildman–Crippen MR) is 121 cm³/mol. The number of nitrogens with zero attached hydrogens (tertiary/aromatic N) is 3. The lowest BCUT2D eigenvalue weighted by Crippen LogP contribution is -2.49. The molecule has 6 nitrogen and oxygen atoms in total. The summed E-state index contributed by atoms with van der Waals surface area (Å²) >= 11 is 0. The Morgan fingerprint density at radius 1 is 1.00 bits per heavy atom. The van der Waals surface area contributed by atoms with Crippen molar-refractivity contribution < 1.29 is 9.53 Å². The molecule has 2 aromatic rings. The van der Waals surface area contributed by atoms with Crippen LogP contribution in [0.5, 0.6) is 0 Å². The van der Waals surface area contributed by atoms with Gasteiger partial charge in [0.1, 0.15) is 5.56 Å². The molecule has 1 amide bonds. The molecule has 2 fully saturated rings. The van der Waals surface area contributed by atoms with Gasteiger partial charge >= 0.3 is 0 Å². The third-order valence-corrected chi connectivity index (χ3v) is 6.36. The summed E-state index contributed by atoms with van der Waals surface area (Å²) in [5.41, 5.74) is 1.10. The van der Waals surface area contributed by atoms with Crippen LogP contribution in [-0.2, 0) is 11.3 Å².